The summed E-state index contributed by atoms with van der Waals surface area (Å²) >= 11 is 5.83. The molecule has 1 amide bonds. The summed E-state index contributed by atoms with van der Waals surface area (Å²) in [4.78, 5) is 16.1. The molecule has 1 N–H and O–H groups in total. The second-order valence-electron chi connectivity index (χ2n) is 6.87. The van der Waals surface area contributed by atoms with E-state index < -0.39 is 10.0 Å². The lowest BCUT2D eigenvalue weighted by molar-refractivity contribution is -0.121. The molecule has 0 atom stereocenters. The van der Waals surface area contributed by atoms with Crippen LogP contribution in [0.25, 0.3) is 0 Å². The third-order valence-electron chi connectivity index (χ3n) is 4.69. The molecule has 0 radical (unpaired) electrons. The van der Waals surface area contributed by atoms with Gasteiger partial charge in [-0.05, 0) is 36.5 Å². The molecule has 0 saturated carbocycles. The van der Waals surface area contributed by atoms with Crippen molar-refractivity contribution in [3.8, 4) is 0 Å². The number of nitrogens with one attached hydrogen (secondary N) is 1. The summed E-state index contributed by atoms with van der Waals surface area (Å²) in [6, 6.07) is 7.20. The highest BCUT2D eigenvalue weighted by atomic mass is 35.5. The SMILES string of the molecule is CC1CCN(S(=O)(=O)c2cn(CC(=O)NCc3ccc(Cl)cc3)cn2)CC1. The summed E-state index contributed by atoms with van der Waals surface area (Å²) in [5.74, 6) is 0.316. The molecule has 0 bridgehead atoms. The number of benzene rings is 1. The molecule has 2 aromatic rings. The van der Waals surface area contributed by atoms with Crippen molar-refractivity contribution in [3.63, 3.8) is 0 Å². The van der Waals surface area contributed by atoms with Crippen LogP contribution >= 0.6 is 11.6 Å². The molecule has 0 aliphatic carbocycles. The highest BCUT2D eigenvalue weighted by Gasteiger charge is 2.29. The van der Waals surface area contributed by atoms with E-state index in [4.69, 9.17) is 11.6 Å². The van der Waals surface area contributed by atoms with Gasteiger partial charge in [0.15, 0.2) is 5.03 Å². The number of hydrogen-bond acceptors (Lipinski definition) is 4. The second kappa shape index (κ2) is 8.41. The number of hydrogen-bond donors (Lipinski definition) is 1. The van der Waals surface area contributed by atoms with Crippen LogP contribution in [0.5, 0.6) is 0 Å². The van der Waals surface area contributed by atoms with Crippen molar-refractivity contribution in [2.75, 3.05) is 13.1 Å². The third-order valence-corrected chi connectivity index (χ3v) is 6.72. The maximum atomic E-state index is 12.7. The van der Waals surface area contributed by atoms with E-state index in [0.717, 1.165) is 18.4 Å². The Morgan fingerprint density at radius 1 is 1.26 bits per heavy atom. The van der Waals surface area contributed by atoms with E-state index in [1.54, 1.807) is 12.1 Å². The van der Waals surface area contributed by atoms with Crippen molar-refractivity contribution in [2.24, 2.45) is 5.92 Å². The van der Waals surface area contributed by atoms with Gasteiger partial charge in [0.1, 0.15) is 6.54 Å². The first-order valence-electron chi connectivity index (χ1n) is 8.87. The monoisotopic (exact) mass is 410 g/mol. The van der Waals surface area contributed by atoms with Crippen LogP contribution in [-0.4, -0.2) is 41.3 Å². The number of rotatable bonds is 6. The van der Waals surface area contributed by atoms with E-state index in [1.807, 2.05) is 12.1 Å². The lowest BCUT2D eigenvalue weighted by atomic mass is 10.0. The molecule has 27 heavy (non-hydrogen) atoms. The molecular weight excluding hydrogens is 388 g/mol. The van der Waals surface area contributed by atoms with Gasteiger partial charge in [-0.3, -0.25) is 4.79 Å². The minimum absolute atomic E-state index is 0.00709. The molecule has 2 heterocycles. The zero-order valence-electron chi connectivity index (χ0n) is 15.1. The number of amides is 1. The Hall–Kier alpha value is -1.90. The van der Waals surface area contributed by atoms with Crippen molar-refractivity contribution < 1.29 is 13.2 Å². The van der Waals surface area contributed by atoms with Crippen molar-refractivity contribution in [3.05, 3.63) is 47.4 Å². The second-order valence-corrected chi connectivity index (χ2v) is 9.20. The Bertz CT molecular complexity index is 888. The quantitative estimate of drug-likeness (QED) is 0.791. The van der Waals surface area contributed by atoms with Crippen LogP contribution in [-0.2, 0) is 27.9 Å². The Morgan fingerprint density at radius 3 is 2.59 bits per heavy atom. The maximum absolute atomic E-state index is 12.7. The summed E-state index contributed by atoms with van der Waals surface area (Å²) in [6.07, 6.45) is 4.50. The fourth-order valence-corrected chi connectivity index (χ4v) is 4.47. The minimum atomic E-state index is -3.60. The Morgan fingerprint density at radius 2 is 1.93 bits per heavy atom. The van der Waals surface area contributed by atoms with Gasteiger partial charge in [0.2, 0.25) is 5.91 Å². The fourth-order valence-electron chi connectivity index (χ4n) is 2.94. The van der Waals surface area contributed by atoms with Gasteiger partial charge in [0, 0.05) is 30.9 Å². The van der Waals surface area contributed by atoms with Gasteiger partial charge >= 0.3 is 0 Å². The molecule has 1 aliphatic heterocycles. The van der Waals surface area contributed by atoms with Crippen LogP contribution < -0.4 is 5.32 Å². The van der Waals surface area contributed by atoms with Crippen LogP contribution in [0.3, 0.4) is 0 Å². The molecular formula is C18H23ClN4O3S. The van der Waals surface area contributed by atoms with Gasteiger partial charge in [-0.15, -0.1) is 0 Å². The predicted molar refractivity (Wildman–Crippen MR) is 103 cm³/mol. The first kappa shape index (κ1) is 19.9. The van der Waals surface area contributed by atoms with Crippen LogP contribution in [0.1, 0.15) is 25.3 Å². The molecule has 1 aliphatic rings. The molecule has 0 spiro atoms. The van der Waals surface area contributed by atoms with Gasteiger partial charge in [0.25, 0.3) is 10.0 Å². The molecule has 1 saturated heterocycles. The van der Waals surface area contributed by atoms with Gasteiger partial charge in [0.05, 0.1) is 6.33 Å². The molecule has 146 valence electrons. The number of carbonyl (C=O) groups excluding carboxylic acids is 1. The van der Waals surface area contributed by atoms with Crippen molar-refractivity contribution in [1.29, 1.82) is 0 Å². The minimum Gasteiger partial charge on any atom is -0.350 e. The number of imidazole rings is 1. The first-order chi connectivity index (χ1) is 12.8. The number of sulfonamides is 1. The van der Waals surface area contributed by atoms with E-state index in [-0.39, 0.29) is 17.5 Å². The third kappa shape index (κ3) is 5.09. The standard InChI is InChI=1S/C18H23ClN4O3S/c1-14-6-8-23(9-7-14)27(25,26)18-12-22(13-21-18)11-17(24)20-10-15-2-4-16(19)5-3-15/h2-5,12-14H,6-11H2,1H3,(H,20,24). The van der Waals surface area contributed by atoms with E-state index >= 15 is 0 Å². The number of halogens is 1. The molecule has 1 aromatic heterocycles. The van der Waals surface area contributed by atoms with Crippen LogP contribution in [0, 0.1) is 5.92 Å². The molecule has 9 heteroatoms. The van der Waals surface area contributed by atoms with E-state index in [9.17, 15) is 13.2 Å². The van der Waals surface area contributed by atoms with Crippen molar-refractivity contribution in [1.82, 2.24) is 19.2 Å². The van der Waals surface area contributed by atoms with Gasteiger partial charge in [-0.1, -0.05) is 30.7 Å². The highest BCUT2D eigenvalue weighted by molar-refractivity contribution is 7.89. The number of nitrogens with zero attached hydrogens (tertiary/aromatic N) is 3. The molecule has 7 nitrogen and oxygen atoms in total. The zero-order valence-corrected chi connectivity index (χ0v) is 16.7. The lowest BCUT2D eigenvalue weighted by Crippen LogP contribution is -2.38. The van der Waals surface area contributed by atoms with Crippen molar-refractivity contribution >= 4 is 27.5 Å². The van der Waals surface area contributed by atoms with E-state index in [2.05, 4.69) is 17.2 Å². The fraction of sp³-hybridized carbons (Fsp3) is 0.444. The summed E-state index contributed by atoms with van der Waals surface area (Å²) in [6.45, 7) is 3.53. The number of piperidine rings is 1. The van der Waals surface area contributed by atoms with Gasteiger partial charge in [-0.2, -0.15) is 4.31 Å². The normalized spacial score (nSPS) is 16.4. The number of aromatic nitrogens is 2. The Kier molecular flexibility index (Phi) is 6.18. The Balaban J connectivity index is 1.57. The summed E-state index contributed by atoms with van der Waals surface area (Å²) in [5, 5.41) is 3.42. The van der Waals surface area contributed by atoms with Gasteiger partial charge in [-0.25, -0.2) is 13.4 Å². The number of carbonyl (C=O) groups is 1. The van der Waals surface area contributed by atoms with E-state index in [1.165, 1.54) is 21.4 Å². The maximum Gasteiger partial charge on any atom is 0.262 e. The van der Waals surface area contributed by atoms with Crippen LogP contribution in [0.15, 0.2) is 41.8 Å². The smallest absolute Gasteiger partial charge is 0.262 e. The van der Waals surface area contributed by atoms with Crippen LogP contribution in [0.4, 0.5) is 0 Å². The largest absolute Gasteiger partial charge is 0.350 e. The Labute approximate surface area is 164 Å². The predicted octanol–water partition coefficient (Wildman–Crippen LogP) is 2.27. The molecule has 1 fully saturated rings. The highest BCUT2D eigenvalue weighted by Crippen LogP contribution is 2.22. The average molecular weight is 411 g/mol. The van der Waals surface area contributed by atoms with Crippen molar-refractivity contribution in [2.45, 2.75) is 37.9 Å². The molecule has 3 rings (SSSR count). The molecule has 0 unspecified atom stereocenters. The van der Waals surface area contributed by atoms with E-state index in [0.29, 0.717) is 30.6 Å². The summed E-state index contributed by atoms with van der Waals surface area (Å²) in [5.41, 5.74) is 0.931. The first-order valence-corrected chi connectivity index (χ1v) is 10.7. The summed E-state index contributed by atoms with van der Waals surface area (Å²) < 4.78 is 28.3. The topological polar surface area (TPSA) is 84.3 Å². The van der Waals surface area contributed by atoms with Gasteiger partial charge < -0.3 is 9.88 Å². The summed E-state index contributed by atoms with van der Waals surface area (Å²) in [7, 11) is -3.60. The van der Waals surface area contributed by atoms with Crippen LogP contribution in [0.2, 0.25) is 5.02 Å². The lowest BCUT2D eigenvalue weighted by Gasteiger charge is -2.28. The molecule has 1 aromatic carbocycles. The zero-order chi connectivity index (χ0) is 19.4. The average Bonchev–Trinajstić information content (AvgIpc) is 3.11.